The summed E-state index contributed by atoms with van der Waals surface area (Å²) >= 11 is 4.52. The lowest BCUT2D eigenvalue weighted by Crippen LogP contribution is -2.39. The third kappa shape index (κ3) is 4.22. The Hall–Kier alpha value is -2.91. The Balaban J connectivity index is 1.91. The second kappa shape index (κ2) is 9.30. The van der Waals surface area contributed by atoms with Crippen molar-refractivity contribution in [3.05, 3.63) is 83.3 Å². The molecule has 0 aliphatic carbocycles. The number of halogens is 1. The molecule has 0 fully saturated rings. The molecule has 32 heavy (non-hydrogen) atoms. The quantitative estimate of drug-likeness (QED) is 0.467. The third-order valence-electron chi connectivity index (χ3n) is 4.89. The number of hydrogen-bond acceptors (Lipinski definition) is 7. The van der Waals surface area contributed by atoms with Crippen molar-refractivity contribution in [1.82, 2.24) is 4.57 Å². The van der Waals surface area contributed by atoms with E-state index in [9.17, 15) is 9.59 Å². The van der Waals surface area contributed by atoms with Gasteiger partial charge >= 0.3 is 5.97 Å². The molecule has 4 rings (SSSR count). The van der Waals surface area contributed by atoms with Gasteiger partial charge in [0.2, 0.25) is 0 Å². The predicted molar refractivity (Wildman–Crippen MR) is 124 cm³/mol. The van der Waals surface area contributed by atoms with Crippen LogP contribution in [-0.4, -0.2) is 23.8 Å². The van der Waals surface area contributed by atoms with Gasteiger partial charge in [-0.15, -0.1) is 0 Å². The molecule has 166 valence electrons. The minimum Gasteiger partial charge on any atom is -0.494 e. The van der Waals surface area contributed by atoms with Crippen LogP contribution >= 0.6 is 27.3 Å². The SMILES string of the molecule is CCOC(=O)C1=C(C)N=c2s/c(=C\c3ccc(Br)o3)c(=O)n2[C@H]1c1ccc(OCC)cc1. The second-order valence-corrected chi connectivity index (χ2v) is 8.74. The Labute approximate surface area is 196 Å². The molecule has 1 aliphatic rings. The maximum Gasteiger partial charge on any atom is 0.338 e. The number of ether oxygens (including phenoxy) is 2. The summed E-state index contributed by atoms with van der Waals surface area (Å²) in [5.74, 6) is 0.767. The standard InChI is InChI=1S/C23H21BrN2O5S/c1-4-29-15-8-6-14(7-9-15)20-19(22(28)30-5-2)13(3)25-23-26(20)21(27)17(32-23)12-16-10-11-18(24)31-16/h6-12,20H,4-5H2,1-3H3/b17-12-/t20-/m0/s1. The van der Waals surface area contributed by atoms with Crippen molar-refractivity contribution in [2.45, 2.75) is 26.8 Å². The van der Waals surface area contributed by atoms with Gasteiger partial charge in [-0.3, -0.25) is 9.36 Å². The van der Waals surface area contributed by atoms with E-state index in [0.29, 0.717) is 43.4 Å². The number of hydrogen-bond donors (Lipinski definition) is 0. The first-order chi connectivity index (χ1) is 15.4. The summed E-state index contributed by atoms with van der Waals surface area (Å²) in [6.07, 6.45) is 1.67. The molecule has 9 heteroatoms. The smallest absolute Gasteiger partial charge is 0.338 e. The molecule has 3 aromatic rings. The molecule has 0 N–H and O–H groups in total. The Morgan fingerprint density at radius 1 is 1.22 bits per heavy atom. The van der Waals surface area contributed by atoms with Crippen LogP contribution in [0.15, 0.2) is 66.5 Å². The van der Waals surface area contributed by atoms with E-state index in [0.717, 1.165) is 5.56 Å². The maximum atomic E-state index is 13.4. The molecule has 0 bridgehead atoms. The largest absolute Gasteiger partial charge is 0.494 e. The maximum absolute atomic E-state index is 13.4. The molecule has 0 amide bonds. The average Bonchev–Trinajstić information content (AvgIpc) is 3.31. The molecule has 0 spiro atoms. The molecule has 0 saturated carbocycles. The summed E-state index contributed by atoms with van der Waals surface area (Å²) in [5.41, 5.74) is 1.38. The van der Waals surface area contributed by atoms with Crippen LogP contribution in [0.4, 0.5) is 0 Å². The summed E-state index contributed by atoms with van der Waals surface area (Å²) in [7, 11) is 0. The van der Waals surface area contributed by atoms with Crippen molar-refractivity contribution >= 4 is 39.3 Å². The first-order valence-corrected chi connectivity index (χ1v) is 11.7. The molecule has 3 heterocycles. The monoisotopic (exact) mass is 516 g/mol. The number of aromatic nitrogens is 1. The molecule has 0 saturated heterocycles. The van der Waals surface area contributed by atoms with Crippen LogP contribution in [0.3, 0.4) is 0 Å². The number of furan rings is 1. The minimum absolute atomic E-state index is 0.226. The molecule has 0 radical (unpaired) electrons. The van der Waals surface area contributed by atoms with Crippen molar-refractivity contribution in [3.8, 4) is 5.75 Å². The molecule has 1 aromatic carbocycles. The van der Waals surface area contributed by atoms with Crippen LogP contribution in [0, 0.1) is 0 Å². The zero-order valence-electron chi connectivity index (χ0n) is 17.8. The van der Waals surface area contributed by atoms with Crippen LogP contribution in [0.5, 0.6) is 5.75 Å². The van der Waals surface area contributed by atoms with Gasteiger partial charge in [-0.05, 0) is 66.5 Å². The number of benzene rings is 1. The number of rotatable bonds is 6. The van der Waals surface area contributed by atoms with Gasteiger partial charge < -0.3 is 13.9 Å². The minimum atomic E-state index is -0.661. The number of fused-ring (bicyclic) bond motifs is 1. The van der Waals surface area contributed by atoms with Gasteiger partial charge in [0, 0.05) is 6.08 Å². The first-order valence-electron chi connectivity index (χ1n) is 10.1. The van der Waals surface area contributed by atoms with E-state index in [1.807, 2.05) is 31.2 Å². The van der Waals surface area contributed by atoms with Crippen molar-refractivity contribution < 1.29 is 18.7 Å². The van der Waals surface area contributed by atoms with Crippen LogP contribution in [-0.2, 0) is 9.53 Å². The van der Waals surface area contributed by atoms with Gasteiger partial charge in [0.25, 0.3) is 5.56 Å². The van der Waals surface area contributed by atoms with Crippen molar-refractivity contribution in [2.75, 3.05) is 13.2 Å². The van der Waals surface area contributed by atoms with E-state index < -0.39 is 12.0 Å². The summed E-state index contributed by atoms with van der Waals surface area (Å²) in [4.78, 5) is 31.4. The number of carbonyl (C=O) groups is 1. The fourth-order valence-electron chi connectivity index (χ4n) is 3.55. The van der Waals surface area contributed by atoms with Crippen molar-refractivity contribution in [3.63, 3.8) is 0 Å². The summed E-state index contributed by atoms with van der Waals surface area (Å²) in [5, 5.41) is 0. The molecule has 1 aliphatic heterocycles. The molecule has 1 atom stereocenters. The molecule has 2 aromatic heterocycles. The lowest BCUT2D eigenvalue weighted by atomic mass is 9.96. The number of esters is 1. The van der Waals surface area contributed by atoms with Gasteiger partial charge in [-0.2, -0.15) is 0 Å². The van der Waals surface area contributed by atoms with E-state index >= 15 is 0 Å². The van der Waals surface area contributed by atoms with E-state index in [-0.39, 0.29) is 12.2 Å². The summed E-state index contributed by atoms with van der Waals surface area (Å²) in [6.45, 7) is 6.19. The number of carbonyl (C=O) groups excluding carboxylic acids is 1. The van der Waals surface area contributed by atoms with Crippen LogP contribution in [0.25, 0.3) is 6.08 Å². The Morgan fingerprint density at radius 2 is 1.97 bits per heavy atom. The van der Waals surface area contributed by atoms with E-state index in [1.54, 1.807) is 36.6 Å². The Bertz CT molecular complexity index is 1360. The van der Waals surface area contributed by atoms with Gasteiger partial charge in [0.05, 0.1) is 35.1 Å². The number of nitrogens with zero attached hydrogens (tertiary/aromatic N) is 2. The highest BCUT2D eigenvalue weighted by atomic mass is 79.9. The van der Waals surface area contributed by atoms with Crippen LogP contribution in [0.1, 0.15) is 38.1 Å². The molecular formula is C23H21BrN2O5S. The highest BCUT2D eigenvalue weighted by Gasteiger charge is 2.33. The van der Waals surface area contributed by atoms with Crippen LogP contribution in [0.2, 0.25) is 0 Å². The molecule has 0 unspecified atom stereocenters. The van der Waals surface area contributed by atoms with Gasteiger partial charge in [-0.25, -0.2) is 9.79 Å². The van der Waals surface area contributed by atoms with Gasteiger partial charge in [-0.1, -0.05) is 23.5 Å². The fraction of sp³-hybridized carbons (Fsp3) is 0.261. The predicted octanol–water partition coefficient (Wildman–Crippen LogP) is 3.55. The Morgan fingerprint density at radius 3 is 2.59 bits per heavy atom. The average molecular weight is 517 g/mol. The van der Waals surface area contributed by atoms with Gasteiger partial charge in [0.15, 0.2) is 9.47 Å². The zero-order chi connectivity index (χ0) is 22.8. The normalized spacial score (nSPS) is 16.0. The Kier molecular flexibility index (Phi) is 6.48. The third-order valence-corrected chi connectivity index (χ3v) is 6.30. The summed E-state index contributed by atoms with van der Waals surface area (Å²) in [6, 6.07) is 10.2. The fourth-order valence-corrected chi connectivity index (χ4v) is 4.90. The highest BCUT2D eigenvalue weighted by Crippen LogP contribution is 2.31. The van der Waals surface area contributed by atoms with E-state index in [1.165, 1.54) is 11.3 Å². The van der Waals surface area contributed by atoms with Crippen LogP contribution < -0.4 is 19.6 Å². The number of allylic oxidation sites excluding steroid dienone is 1. The lowest BCUT2D eigenvalue weighted by molar-refractivity contribution is -0.139. The molecular weight excluding hydrogens is 496 g/mol. The summed E-state index contributed by atoms with van der Waals surface area (Å²) < 4.78 is 18.9. The number of thiazole rings is 1. The zero-order valence-corrected chi connectivity index (χ0v) is 20.2. The van der Waals surface area contributed by atoms with Crippen molar-refractivity contribution in [1.29, 1.82) is 0 Å². The lowest BCUT2D eigenvalue weighted by Gasteiger charge is -2.24. The topological polar surface area (TPSA) is 83.0 Å². The van der Waals surface area contributed by atoms with E-state index in [4.69, 9.17) is 13.9 Å². The molecule has 7 nitrogen and oxygen atoms in total. The van der Waals surface area contributed by atoms with Gasteiger partial charge in [0.1, 0.15) is 11.5 Å². The highest BCUT2D eigenvalue weighted by molar-refractivity contribution is 9.10. The second-order valence-electron chi connectivity index (χ2n) is 6.95. The van der Waals surface area contributed by atoms with Crippen molar-refractivity contribution in [2.24, 2.45) is 4.99 Å². The first kappa shape index (κ1) is 22.3. The van der Waals surface area contributed by atoms with E-state index in [2.05, 4.69) is 20.9 Å².